The summed E-state index contributed by atoms with van der Waals surface area (Å²) < 4.78 is 0. The van der Waals surface area contributed by atoms with Crippen LogP contribution in [0.25, 0.3) is 11.1 Å². The number of para-hydroxylation sites is 2. The predicted molar refractivity (Wildman–Crippen MR) is 443 cm³/mol. The molecule has 0 spiro atoms. The van der Waals surface area contributed by atoms with Gasteiger partial charge in [-0.15, -0.1) is 22.1 Å². The van der Waals surface area contributed by atoms with Crippen molar-refractivity contribution in [3.63, 3.8) is 0 Å². The van der Waals surface area contributed by atoms with Crippen LogP contribution in [0.4, 0.5) is 28.4 Å². The Labute approximate surface area is 623 Å². The Hall–Kier alpha value is -5.06. The summed E-state index contributed by atoms with van der Waals surface area (Å²) in [5, 5.41) is 8.26. The normalized spacial score (nSPS) is 14.4. The molecule has 1 radical (unpaired) electrons. The first-order valence-corrected chi connectivity index (χ1v) is 40.3. The molecule has 1 N–H and O–H groups in total. The molecule has 0 bridgehead atoms. The van der Waals surface area contributed by atoms with Gasteiger partial charge in [0.25, 0.3) is 0 Å². The Kier molecular flexibility index (Phi) is 40.9. The van der Waals surface area contributed by atoms with Crippen molar-refractivity contribution in [3.05, 3.63) is 206 Å². The number of aliphatic imine (C=N–C) groups is 3. The minimum absolute atomic E-state index is 0. The molecule has 0 saturated heterocycles. The molecule has 6 nitrogen and oxygen atoms in total. The van der Waals surface area contributed by atoms with E-state index in [4.69, 9.17) is 31.0 Å². The third-order valence-corrected chi connectivity index (χ3v) is 24.0. The van der Waals surface area contributed by atoms with E-state index in [0.717, 1.165) is 73.7 Å². The average Bonchev–Trinajstić information content (AvgIpc) is 1.58. The molecular formula is C89H133N6P2Sc-. The number of hydrogen-bond acceptors (Lipinski definition) is 4. The zero-order valence-corrected chi connectivity index (χ0v) is 70.5. The molecule has 533 valence electrons. The summed E-state index contributed by atoms with van der Waals surface area (Å²) in [6.07, 6.45) is 20.6. The summed E-state index contributed by atoms with van der Waals surface area (Å²) >= 11 is 0. The number of benzene rings is 5. The fourth-order valence-corrected chi connectivity index (χ4v) is 18.7. The van der Waals surface area contributed by atoms with Gasteiger partial charge in [-0.25, -0.2) is 9.98 Å². The van der Waals surface area contributed by atoms with Crippen LogP contribution in [0.15, 0.2) is 148 Å². The van der Waals surface area contributed by atoms with Crippen LogP contribution < -0.4 is 10.6 Å². The van der Waals surface area contributed by atoms with Gasteiger partial charge < -0.3 is 11.1 Å². The molecular weight excluding hydrogens is 1260 g/mol. The molecule has 1 atom stereocenters. The number of rotatable bonds is 22. The van der Waals surface area contributed by atoms with E-state index in [1.165, 1.54) is 102 Å². The molecule has 2 aliphatic rings. The predicted octanol–water partition coefficient (Wildman–Crippen LogP) is 29.0. The molecule has 8 rings (SSSR count). The van der Waals surface area contributed by atoms with E-state index in [9.17, 15) is 0 Å². The van der Waals surface area contributed by atoms with Crippen LogP contribution in [-0.2, 0) is 25.8 Å². The third-order valence-electron chi connectivity index (χ3n) is 17.7. The number of aryl methyl sites for hydroxylation is 4. The first-order chi connectivity index (χ1) is 45.9. The smallest absolute Gasteiger partial charge is 0.221 e. The van der Waals surface area contributed by atoms with Crippen LogP contribution >= 0.6 is 15.8 Å². The minimum Gasteiger partial charge on any atom is -0.698 e. The second-order valence-corrected chi connectivity index (χ2v) is 35.9. The standard InChI is InChI=1S/C36H39N4.C26H40NP2.C12H18N.3C5H12.Sc/c1-22(2)28-17-11-18-29(23(3)4)32(28)37-21-27-16-10-19-30(38-27)33-35(39-31-24(5)13-9-14-25(31)6)36(8)20-12-15-26(7)34(36)40-33;1-17(2)28(18(3)4)25-15-21(9)11-13-23(25)27-24-14-12-22(10)16-26(24)29(19(5)6)20(7)8;1-8(2)10-6-5-7-11(9(3)4)12(10)13;3*1-3-5-4-2;/h9-23H,1-8H3;11-20H,1-10H3;5-9,13H,1-4H3;3*3-5H2,1-2H3;/q+1;2*-1;;;;/t36-;;;;;;/m1....../s1. The summed E-state index contributed by atoms with van der Waals surface area (Å²) in [5.74, 6) is 1.66. The van der Waals surface area contributed by atoms with Crippen molar-refractivity contribution >= 4 is 72.5 Å². The topological polar surface area (TPSA) is 87.9 Å². The van der Waals surface area contributed by atoms with Gasteiger partial charge in [0, 0.05) is 31.4 Å². The number of nitrogens with zero attached hydrogens (tertiary/aromatic N) is 5. The quantitative estimate of drug-likeness (QED) is 0.0378. The number of unbranched alkanes of at least 4 members (excludes halogenated alkanes) is 6. The number of pyridine rings is 1. The molecule has 6 aromatic rings. The summed E-state index contributed by atoms with van der Waals surface area (Å²) in [7, 11) is -0.503. The number of nitrogens with one attached hydrogen (secondary N) is 1. The van der Waals surface area contributed by atoms with E-state index >= 15 is 0 Å². The van der Waals surface area contributed by atoms with Gasteiger partial charge in [0.2, 0.25) is 11.7 Å². The summed E-state index contributed by atoms with van der Waals surface area (Å²) in [4.78, 5) is 20.5. The first-order valence-electron chi connectivity index (χ1n) is 37.4. The average molecular weight is 1390 g/mol. The van der Waals surface area contributed by atoms with Gasteiger partial charge in [-0.1, -0.05) is 351 Å². The SMILES string of the molecule is CC(C)c1cccc(C(C)C)c1[NH-].CC1=CC=C[C@]2(C)C1=N[C+](c1cccc(C=Nc3c(C(C)C)cccc3C(C)C)n1)C2=Nc1c(C)cccc1C.CCCCC.CCCCC.CCCCC.Cc1ccc([N-]c2ccc(C)cc2P(C(C)C)C(C)C)c(P(C(C)C)C(C)C)c1.[Sc]. The minimum atomic E-state index is -0.420. The molecule has 1 aliphatic heterocycles. The maximum Gasteiger partial charge on any atom is 0.221 e. The van der Waals surface area contributed by atoms with Gasteiger partial charge in [-0.05, 0) is 139 Å². The molecule has 9 heteroatoms. The fraction of sp³-hybridized carbons (Fsp3) is 0.517. The van der Waals surface area contributed by atoms with Crippen molar-refractivity contribution in [2.24, 2.45) is 20.4 Å². The van der Waals surface area contributed by atoms with Crippen LogP contribution in [0.2, 0.25) is 0 Å². The summed E-state index contributed by atoms with van der Waals surface area (Å²) in [6.45, 7) is 62.6. The van der Waals surface area contributed by atoms with Crippen molar-refractivity contribution in [2.75, 3.05) is 0 Å². The molecule has 2 heterocycles. The fourth-order valence-electron chi connectivity index (χ4n) is 12.6. The maximum atomic E-state index is 8.01. The van der Waals surface area contributed by atoms with Crippen molar-refractivity contribution in [2.45, 2.75) is 298 Å². The van der Waals surface area contributed by atoms with E-state index in [1.54, 1.807) is 0 Å². The third kappa shape index (κ3) is 26.4. The van der Waals surface area contributed by atoms with Gasteiger partial charge in [0.1, 0.15) is 5.41 Å². The largest absolute Gasteiger partial charge is 0.698 e. The van der Waals surface area contributed by atoms with E-state index in [1.807, 2.05) is 24.4 Å². The number of allylic oxidation sites excluding steroid dienone is 4. The zero-order chi connectivity index (χ0) is 72.9. The molecule has 0 fully saturated rings. The van der Waals surface area contributed by atoms with Gasteiger partial charge in [0.05, 0.1) is 29.3 Å². The zero-order valence-electron chi connectivity index (χ0n) is 66.9. The molecule has 5 aromatic carbocycles. The molecule has 0 unspecified atom stereocenters. The maximum absolute atomic E-state index is 8.01. The van der Waals surface area contributed by atoms with Crippen LogP contribution in [-0.4, -0.2) is 45.3 Å². The second kappa shape index (κ2) is 45.0. The summed E-state index contributed by atoms with van der Waals surface area (Å²) in [6, 6.07) is 39.6. The van der Waals surface area contributed by atoms with E-state index in [0.29, 0.717) is 46.3 Å². The van der Waals surface area contributed by atoms with Crippen LogP contribution in [0.1, 0.15) is 304 Å². The van der Waals surface area contributed by atoms with Gasteiger partial charge in [-0.3, -0.25) is 4.99 Å². The Balaban J connectivity index is 0.000000487. The van der Waals surface area contributed by atoms with Crippen molar-refractivity contribution < 1.29 is 25.8 Å². The monoisotopic (exact) mass is 1390 g/mol. The van der Waals surface area contributed by atoms with E-state index < -0.39 is 5.41 Å². The van der Waals surface area contributed by atoms with Crippen LogP contribution in [0, 0.1) is 39.2 Å². The summed E-state index contributed by atoms with van der Waals surface area (Å²) in [5.41, 5.74) is 29.8. The second-order valence-electron chi connectivity index (χ2n) is 29.2. The Morgan fingerprint density at radius 2 is 0.898 bits per heavy atom. The Bertz CT molecular complexity index is 3310. The molecule has 0 amide bonds. The number of hydrogen-bond donors (Lipinski definition) is 0. The molecule has 0 saturated carbocycles. The van der Waals surface area contributed by atoms with Crippen molar-refractivity contribution in [3.8, 4) is 0 Å². The molecule has 1 aliphatic carbocycles. The Morgan fingerprint density at radius 1 is 0.510 bits per heavy atom. The van der Waals surface area contributed by atoms with Crippen LogP contribution in [0.3, 0.4) is 0 Å². The van der Waals surface area contributed by atoms with Crippen molar-refractivity contribution in [1.29, 1.82) is 0 Å². The Morgan fingerprint density at radius 3 is 1.28 bits per heavy atom. The van der Waals surface area contributed by atoms with Crippen LogP contribution in [0.5, 0.6) is 0 Å². The van der Waals surface area contributed by atoms with E-state index in [-0.39, 0.29) is 41.7 Å². The molecule has 1 aromatic heterocycles. The van der Waals surface area contributed by atoms with E-state index in [2.05, 4.69) is 303 Å². The molecule has 98 heavy (non-hydrogen) atoms. The van der Waals surface area contributed by atoms with Gasteiger partial charge >= 0.3 is 0 Å². The number of aromatic nitrogens is 1. The van der Waals surface area contributed by atoms with Crippen molar-refractivity contribution in [1.82, 2.24) is 4.98 Å². The van der Waals surface area contributed by atoms with Gasteiger partial charge in [0.15, 0.2) is 11.4 Å². The first kappa shape index (κ1) is 89.0. The number of fused-ring (bicyclic) bond motifs is 1. The van der Waals surface area contributed by atoms with Gasteiger partial charge in [-0.2, -0.15) is 0 Å².